The average molecular weight is 406 g/mol. The number of hydrogen-bond donors (Lipinski definition) is 3. The molecule has 2 N–H and O–H groups in total. The van der Waals surface area contributed by atoms with E-state index >= 15 is 0 Å². The predicted octanol–water partition coefficient (Wildman–Crippen LogP) is 4.45. The number of phenols is 2. The van der Waals surface area contributed by atoms with Crippen LogP contribution in [0.25, 0.3) is 10.9 Å². The summed E-state index contributed by atoms with van der Waals surface area (Å²) in [5.74, 6) is 0.233. The number of aromatic nitrogens is 1. The van der Waals surface area contributed by atoms with E-state index in [2.05, 4.69) is 33.7 Å². The van der Waals surface area contributed by atoms with Crippen molar-refractivity contribution in [2.24, 2.45) is 0 Å². The van der Waals surface area contributed by atoms with Crippen LogP contribution >= 0.6 is 28.7 Å². The van der Waals surface area contributed by atoms with Gasteiger partial charge in [0.2, 0.25) is 12.8 Å². The first kappa shape index (κ1) is 16.7. The van der Waals surface area contributed by atoms with Crippen molar-refractivity contribution >= 4 is 45.3 Å². The third-order valence-electron chi connectivity index (χ3n) is 3.76. The van der Waals surface area contributed by atoms with Gasteiger partial charge < -0.3 is 10.2 Å². The van der Waals surface area contributed by atoms with Gasteiger partial charge in [0.25, 0.3) is 5.69 Å². The molecule has 0 atom stereocenters. The van der Waals surface area contributed by atoms with Crippen LogP contribution in [0.4, 0.5) is 5.69 Å². The van der Waals surface area contributed by atoms with E-state index in [4.69, 9.17) is 0 Å². The molecule has 0 aliphatic carbocycles. The number of nitrogens with zero attached hydrogens (tertiary/aromatic N) is 2. The van der Waals surface area contributed by atoms with Crippen molar-refractivity contribution in [2.75, 3.05) is 0 Å². The van der Waals surface area contributed by atoms with Gasteiger partial charge in [-0.15, -0.1) is 0 Å². The molecule has 0 spiro atoms. The molecule has 0 saturated carbocycles. The predicted molar refractivity (Wildman–Crippen MR) is 98.9 cm³/mol. The van der Waals surface area contributed by atoms with Gasteiger partial charge in [0.15, 0.2) is 0 Å². The second-order valence-corrected chi connectivity index (χ2v) is 6.58. The van der Waals surface area contributed by atoms with Crippen LogP contribution in [0.2, 0.25) is 0 Å². The quantitative estimate of drug-likeness (QED) is 0.442. The van der Waals surface area contributed by atoms with Gasteiger partial charge in [0, 0.05) is 33.7 Å². The third kappa shape index (κ3) is 3.37. The molecular formula is C17H14BrN2O3S+. The first-order valence-electron chi connectivity index (χ1n) is 7.21. The number of aromatic hydroxyl groups is 2. The number of fused-ring (bicyclic) bond motifs is 1. The lowest BCUT2D eigenvalue weighted by atomic mass is 10.1. The molecule has 24 heavy (non-hydrogen) atoms. The van der Waals surface area contributed by atoms with Crippen molar-refractivity contribution < 1.29 is 14.4 Å². The van der Waals surface area contributed by atoms with E-state index in [1.165, 1.54) is 6.07 Å². The molecule has 0 fully saturated rings. The van der Waals surface area contributed by atoms with E-state index in [1.54, 1.807) is 18.2 Å². The summed E-state index contributed by atoms with van der Waals surface area (Å²) >= 11 is 6.98. The second-order valence-electron chi connectivity index (χ2n) is 5.36. The number of hydrogen-bond acceptors (Lipinski definition) is 4. The van der Waals surface area contributed by atoms with Gasteiger partial charge in [0.1, 0.15) is 21.2 Å². The summed E-state index contributed by atoms with van der Waals surface area (Å²) in [7, 11) is 0. The molecule has 122 valence electrons. The van der Waals surface area contributed by atoms with Crippen LogP contribution in [0.3, 0.4) is 0 Å². The Morgan fingerprint density at radius 3 is 2.67 bits per heavy atom. The standard InChI is InChI=1S/C17H13BrN2O3S/c18-14-9-13(20(23)24)8-11(17(14)22)5-7-12-6-4-10-2-1-3-15(21)16(10)19-12/h1-4,6,8-9H,5,7H2,(H2-,21,22,23,24)/p+1. The molecule has 0 aliphatic rings. The topological polar surface area (TPSA) is 73.4 Å². The highest BCUT2D eigenvalue weighted by Crippen LogP contribution is 2.34. The van der Waals surface area contributed by atoms with E-state index in [9.17, 15) is 15.1 Å². The number of halogens is 1. The zero-order valence-corrected chi connectivity index (χ0v) is 15.0. The minimum atomic E-state index is 0.0950. The monoisotopic (exact) mass is 405 g/mol. The number of thiol groups is 1. The maximum atomic E-state index is 11.4. The van der Waals surface area contributed by atoms with Crippen LogP contribution in [-0.4, -0.2) is 19.4 Å². The molecule has 0 aliphatic heterocycles. The molecule has 2 aromatic carbocycles. The highest BCUT2D eigenvalue weighted by molar-refractivity contribution is 9.10. The van der Waals surface area contributed by atoms with Crippen LogP contribution in [-0.2, 0) is 12.8 Å². The fourth-order valence-electron chi connectivity index (χ4n) is 2.51. The number of pyridine rings is 1. The Labute approximate surface area is 152 Å². The molecule has 3 aromatic rings. The molecule has 0 unspecified atom stereocenters. The normalized spacial score (nSPS) is 10.9. The molecule has 1 aromatic heterocycles. The molecule has 3 rings (SSSR count). The van der Waals surface area contributed by atoms with Crippen molar-refractivity contribution in [1.29, 1.82) is 0 Å². The van der Waals surface area contributed by atoms with Gasteiger partial charge >= 0.3 is 0 Å². The summed E-state index contributed by atoms with van der Waals surface area (Å²) in [6.07, 6.45) is 1.05. The molecule has 0 bridgehead atoms. The molecule has 7 heteroatoms. The SMILES string of the molecule is O=[N+](S)c1cc(Br)c(O)c(CCc2ccc3cccc(O)c3n2)c1. The van der Waals surface area contributed by atoms with Crippen molar-refractivity contribution in [3.05, 3.63) is 63.1 Å². The summed E-state index contributed by atoms with van der Waals surface area (Å²) in [6.45, 7) is 0. The molecule has 1 heterocycles. The van der Waals surface area contributed by atoms with E-state index in [1.807, 2.05) is 18.2 Å². The van der Waals surface area contributed by atoms with Crippen molar-refractivity contribution in [2.45, 2.75) is 12.8 Å². The Morgan fingerprint density at radius 1 is 1.12 bits per heavy atom. The number of aryl methyl sites for hydroxylation is 2. The lowest BCUT2D eigenvalue weighted by molar-refractivity contribution is -0.259. The number of nitroso groups, excluding NO2 is 1. The van der Waals surface area contributed by atoms with Gasteiger partial charge in [-0.3, -0.25) is 0 Å². The van der Waals surface area contributed by atoms with Gasteiger partial charge in [-0.1, -0.05) is 18.2 Å². The minimum Gasteiger partial charge on any atom is -0.506 e. The summed E-state index contributed by atoms with van der Waals surface area (Å²) in [6, 6.07) is 12.1. The van der Waals surface area contributed by atoms with E-state index in [0.717, 1.165) is 11.1 Å². The van der Waals surface area contributed by atoms with Crippen LogP contribution < -0.4 is 0 Å². The van der Waals surface area contributed by atoms with Gasteiger partial charge in [-0.2, -0.15) is 0 Å². The fraction of sp³-hybridized carbons (Fsp3) is 0.118. The largest absolute Gasteiger partial charge is 0.506 e. The lowest BCUT2D eigenvalue weighted by Crippen LogP contribution is -1.97. The van der Waals surface area contributed by atoms with Crippen LogP contribution in [0.1, 0.15) is 11.3 Å². The zero-order chi connectivity index (χ0) is 17.3. The zero-order valence-electron chi connectivity index (χ0n) is 12.5. The maximum absolute atomic E-state index is 11.4. The Hall–Kier alpha value is -2.12. The third-order valence-corrected chi connectivity index (χ3v) is 4.59. The highest BCUT2D eigenvalue weighted by atomic mass is 79.9. The van der Waals surface area contributed by atoms with Crippen LogP contribution in [0.15, 0.2) is 46.9 Å². The Kier molecular flexibility index (Phi) is 4.73. The van der Waals surface area contributed by atoms with Crippen LogP contribution in [0.5, 0.6) is 11.5 Å². The number of phenolic OH excluding ortho intramolecular Hbond substituents is 2. The smallest absolute Gasteiger partial charge is 0.274 e. The van der Waals surface area contributed by atoms with Gasteiger partial charge in [-0.05, 0) is 40.9 Å². The van der Waals surface area contributed by atoms with Gasteiger partial charge in [-0.25, -0.2) is 4.98 Å². The molecule has 0 amide bonds. The number of rotatable bonds is 4. The molecule has 0 radical (unpaired) electrons. The first-order chi connectivity index (χ1) is 11.5. The Balaban J connectivity index is 1.88. The van der Waals surface area contributed by atoms with Crippen molar-refractivity contribution in [1.82, 2.24) is 4.98 Å². The summed E-state index contributed by atoms with van der Waals surface area (Å²) in [5, 5.41) is 20.9. The van der Waals surface area contributed by atoms with Crippen molar-refractivity contribution in [3.63, 3.8) is 0 Å². The second kappa shape index (κ2) is 6.78. The maximum Gasteiger partial charge on any atom is 0.274 e. The lowest BCUT2D eigenvalue weighted by Gasteiger charge is -2.07. The minimum absolute atomic E-state index is 0.0950. The van der Waals surface area contributed by atoms with E-state index in [0.29, 0.717) is 38.2 Å². The van der Waals surface area contributed by atoms with E-state index in [-0.39, 0.29) is 11.5 Å². The van der Waals surface area contributed by atoms with Crippen molar-refractivity contribution in [3.8, 4) is 11.5 Å². The first-order valence-corrected chi connectivity index (χ1v) is 8.40. The van der Waals surface area contributed by atoms with E-state index < -0.39 is 0 Å². The molecular weight excluding hydrogens is 392 g/mol. The summed E-state index contributed by atoms with van der Waals surface area (Å²) < 4.78 is 0.883. The Morgan fingerprint density at radius 2 is 1.92 bits per heavy atom. The highest BCUT2D eigenvalue weighted by Gasteiger charge is 2.16. The fourth-order valence-corrected chi connectivity index (χ4v) is 3.12. The summed E-state index contributed by atoms with van der Waals surface area (Å²) in [5.41, 5.74) is 2.29. The van der Waals surface area contributed by atoms with Crippen LogP contribution in [0, 0.1) is 4.91 Å². The number of para-hydroxylation sites is 1. The molecule has 5 nitrogen and oxygen atoms in total. The molecule has 0 saturated heterocycles. The Bertz CT molecular complexity index is 947. The summed E-state index contributed by atoms with van der Waals surface area (Å²) in [4.78, 5) is 15.8. The average Bonchev–Trinajstić information content (AvgIpc) is 2.56. The number of benzene rings is 2. The van der Waals surface area contributed by atoms with Gasteiger partial charge in [0.05, 0.1) is 4.47 Å².